The molecule has 0 aromatic carbocycles. The summed E-state index contributed by atoms with van der Waals surface area (Å²) in [5.41, 5.74) is -0.302. The van der Waals surface area contributed by atoms with Crippen LogP contribution in [-0.2, 0) is 4.74 Å². The zero-order valence-electron chi connectivity index (χ0n) is 15.2. The van der Waals surface area contributed by atoms with Crippen LogP contribution in [0.25, 0.3) is 0 Å². The van der Waals surface area contributed by atoms with E-state index >= 15 is 0 Å². The molecule has 1 aliphatic heterocycles. The second-order valence-corrected chi connectivity index (χ2v) is 6.75. The second-order valence-electron chi connectivity index (χ2n) is 6.75. The van der Waals surface area contributed by atoms with E-state index in [1.54, 1.807) is 13.1 Å². The summed E-state index contributed by atoms with van der Waals surface area (Å²) in [6.45, 7) is 7.18. The van der Waals surface area contributed by atoms with E-state index in [9.17, 15) is 10.1 Å². The number of hydrogen-bond donors (Lipinski definition) is 2. The van der Waals surface area contributed by atoms with Crippen LogP contribution < -0.4 is 10.6 Å². The highest BCUT2D eigenvalue weighted by Gasteiger charge is 2.62. The number of methoxy groups -OCH3 is 1. The van der Waals surface area contributed by atoms with E-state index in [0.29, 0.717) is 0 Å². The molecule has 8 heteroatoms. The maximum atomic E-state index is 11.8. The molecule has 0 spiro atoms. The number of hydrogen-bond acceptors (Lipinski definition) is 6. The average Bonchev–Trinajstić information content (AvgIpc) is 3.27. The monoisotopic (exact) mass is 330 g/mol. The number of nitrogens with zero attached hydrogens (tertiary/aromatic N) is 3. The van der Waals surface area contributed by atoms with E-state index in [0.717, 1.165) is 19.5 Å². The topological polar surface area (TPSA) is 89.6 Å². The molecule has 0 bridgehead atoms. The molecule has 8 nitrogen and oxygen atoms in total. The zero-order valence-corrected chi connectivity index (χ0v) is 15.2. The van der Waals surface area contributed by atoms with Crippen molar-refractivity contribution >= 4 is 0 Å². The van der Waals surface area contributed by atoms with E-state index in [-0.39, 0.29) is 21.1 Å². The minimum absolute atomic E-state index is 0.00551. The maximum Gasteiger partial charge on any atom is 0.362 e. The van der Waals surface area contributed by atoms with E-state index in [1.165, 1.54) is 7.11 Å². The van der Waals surface area contributed by atoms with Crippen LogP contribution in [0.5, 0.6) is 0 Å². The molecule has 2 N–H and O–H groups in total. The lowest BCUT2D eigenvalue weighted by atomic mass is 9.97. The van der Waals surface area contributed by atoms with Crippen LogP contribution in [0.1, 0.15) is 13.3 Å². The molecule has 0 radical (unpaired) electrons. The lowest BCUT2D eigenvalue weighted by Crippen LogP contribution is -2.69. The molecule has 0 aromatic rings. The van der Waals surface area contributed by atoms with Crippen LogP contribution in [-0.4, -0.2) is 86.7 Å². The molecule has 1 aliphatic rings. The average molecular weight is 330 g/mol. The van der Waals surface area contributed by atoms with Crippen molar-refractivity contribution in [2.75, 3.05) is 48.4 Å². The number of likely N-dealkylation sites (N-methyl/N-ethyl adjacent to an activating group) is 2. The fraction of sp³-hybridized carbons (Fsp3) is 0.867. The Hall–Kier alpha value is -1.22. The number of ether oxygens (including phenoxy) is 1. The minimum atomic E-state index is -0.848. The summed E-state index contributed by atoms with van der Waals surface area (Å²) in [5, 5.41) is 18.3. The van der Waals surface area contributed by atoms with Crippen LogP contribution in [0.3, 0.4) is 0 Å². The molecular formula is C15H32N5O3+. The third-order valence-corrected chi connectivity index (χ3v) is 5.15. The fourth-order valence-corrected chi connectivity index (χ4v) is 3.64. The molecule has 1 saturated heterocycles. The van der Waals surface area contributed by atoms with Gasteiger partial charge in [0.2, 0.25) is 0 Å². The van der Waals surface area contributed by atoms with Gasteiger partial charge in [0.25, 0.3) is 0 Å². The first kappa shape index (κ1) is 19.8. The molecule has 0 aromatic heterocycles. The van der Waals surface area contributed by atoms with Gasteiger partial charge in [0.15, 0.2) is 11.8 Å². The van der Waals surface area contributed by atoms with Crippen LogP contribution >= 0.6 is 0 Å². The molecule has 23 heavy (non-hydrogen) atoms. The normalized spacial score (nSPS) is 24.6. The first-order valence-corrected chi connectivity index (χ1v) is 7.93. The van der Waals surface area contributed by atoms with Gasteiger partial charge in [0.05, 0.1) is 19.0 Å². The lowest BCUT2D eigenvalue weighted by molar-refractivity contribution is -1.02. The molecule has 4 unspecified atom stereocenters. The van der Waals surface area contributed by atoms with Gasteiger partial charge >= 0.3 is 6.17 Å². The Morgan fingerprint density at radius 1 is 1.61 bits per heavy atom. The van der Waals surface area contributed by atoms with Gasteiger partial charge in [0.1, 0.15) is 6.04 Å². The van der Waals surface area contributed by atoms with Gasteiger partial charge in [-0.05, 0) is 20.2 Å². The highest BCUT2D eigenvalue weighted by Crippen LogP contribution is 2.36. The van der Waals surface area contributed by atoms with Gasteiger partial charge in [0, 0.05) is 33.7 Å². The Morgan fingerprint density at radius 2 is 2.17 bits per heavy atom. The number of nitro groups is 1. The molecular weight excluding hydrogens is 298 g/mol. The molecule has 4 atom stereocenters. The van der Waals surface area contributed by atoms with Gasteiger partial charge in [-0.1, -0.05) is 6.58 Å². The Balaban J connectivity index is 3.22. The summed E-state index contributed by atoms with van der Waals surface area (Å²) in [6.07, 6.45) is 1.24. The molecule has 0 aliphatic carbocycles. The van der Waals surface area contributed by atoms with Crippen molar-refractivity contribution < 1.29 is 14.1 Å². The van der Waals surface area contributed by atoms with Crippen molar-refractivity contribution in [3.05, 3.63) is 22.9 Å². The highest BCUT2D eigenvalue weighted by atomic mass is 16.6. The standard InChI is InChI=1S/C15H32N5O3/c1-8-18(4)15(11-17-15)13(9-10-16-3)20(5,6)14(19(21)22)12(2)23-7/h8,12-14,16-17H,1,9-11H2,2-7H3/q+1. The van der Waals surface area contributed by atoms with E-state index in [2.05, 4.69) is 17.2 Å². The summed E-state index contributed by atoms with van der Waals surface area (Å²) in [7, 11) is 9.21. The summed E-state index contributed by atoms with van der Waals surface area (Å²) in [6, 6.07) is 0.00551. The van der Waals surface area contributed by atoms with Crippen LogP contribution in [0, 0.1) is 10.1 Å². The Bertz CT molecular complexity index is 425. The summed E-state index contributed by atoms with van der Waals surface area (Å²) >= 11 is 0. The van der Waals surface area contributed by atoms with Crippen molar-refractivity contribution in [3.8, 4) is 0 Å². The summed E-state index contributed by atoms with van der Waals surface area (Å²) in [5.74, 6) is 0. The Morgan fingerprint density at radius 3 is 2.52 bits per heavy atom. The minimum Gasteiger partial charge on any atom is -0.368 e. The first-order chi connectivity index (χ1) is 10.7. The van der Waals surface area contributed by atoms with Crippen LogP contribution in [0.2, 0.25) is 0 Å². The fourth-order valence-electron chi connectivity index (χ4n) is 3.64. The summed E-state index contributed by atoms with van der Waals surface area (Å²) in [4.78, 5) is 13.6. The molecule has 0 amide bonds. The van der Waals surface area contributed by atoms with Crippen LogP contribution in [0.4, 0.5) is 0 Å². The highest BCUT2D eigenvalue weighted by molar-refractivity contribution is 5.10. The lowest BCUT2D eigenvalue weighted by Gasteiger charge is -2.45. The van der Waals surface area contributed by atoms with E-state index in [1.807, 2.05) is 33.1 Å². The van der Waals surface area contributed by atoms with Gasteiger partial charge in [-0.2, -0.15) is 0 Å². The van der Waals surface area contributed by atoms with E-state index < -0.39 is 12.3 Å². The maximum absolute atomic E-state index is 11.8. The summed E-state index contributed by atoms with van der Waals surface area (Å²) < 4.78 is 5.54. The third kappa shape index (κ3) is 3.82. The first-order valence-electron chi connectivity index (χ1n) is 7.93. The van der Waals surface area contributed by atoms with Crippen LogP contribution in [0.15, 0.2) is 12.8 Å². The van der Waals surface area contributed by atoms with E-state index in [4.69, 9.17) is 4.74 Å². The predicted octanol–water partition coefficient (Wildman–Crippen LogP) is 0.0534. The van der Waals surface area contributed by atoms with Crippen molar-refractivity contribution in [2.45, 2.75) is 37.3 Å². The van der Waals surface area contributed by atoms with Gasteiger partial charge in [-0.3, -0.25) is 19.9 Å². The van der Waals surface area contributed by atoms with Gasteiger partial charge in [-0.15, -0.1) is 0 Å². The second kappa shape index (κ2) is 7.57. The van der Waals surface area contributed by atoms with Gasteiger partial charge < -0.3 is 15.0 Å². The molecule has 134 valence electrons. The molecule has 1 rings (SSSR count). The van der Waals surface area contributed by atoms with Crippen molar-refractivity contribution in [2.24, 2.45) is 0 Å². The SMILES string of the molecule is C=CN(C)C1(C(CCNC)[N+](C)(C)C(C(C)OC)[N+](=O)[O-])CN1. The molecule has 1 fully saturated rings. The van der Waals surface area contributed by atoms with Crippen molar-refractivity contribution in [1.29, 1.82) is 0 Å². The number of quaternary nitrogens is 1. The van der Waals surface area contributed by atoms with Crippen molar-refractivity contribution in [3.63, 3.8) is 0 Å². The molecule has 1 heterocycles. The third-order valence-electron chi connectivity index (χ3n) is 5.15. The Kier molecular flexibility index (Phi) is 6.52. The smallest absolute Gasteiger partial charge is 0.362 e. The Labute approximate surface area is 139 Å². The van der Waals surface area contributed by atoms with Crippen molar-refractivity contribution in [1.82, 2.24) is 15.5 Å². The largest absolute Gasteiger partial charge is 0.368 e. The number of nitrogens with one attached hydrogen (secondary N) is 2. The van der Waals surface area contributed by atoms with Gasteiger partial charge in [-0.25, -0.2) is 0 Å². The predicted molar refractivity (Wildman–Crippen MR) is 90.4 cm³/mol. The number of rotatable bonds is 11. The molecule has 0 saturated carbocycles. The zero-order chi connectivity index (χ0) is 17.8. The quantitative estimate of drug-likeness (QED) is 0.183.